The van der Waals surface area contributed by atoms with E-state index >= 15 is 4.79 Å². The molecule has 0 unspecified atom stereocenters. The number of piperazine rings is 1. The minimum absolute atomic E-state index is 0.0275. The van der Waals surface area contributed by atoms with Gasteiger partial charge in [0.25, 0.3) is 8.32 Å². The lowest BCUT2D eigenvalue weighted by Crippen LogP contribution is -2.66. The summed E-state index contributed by atoms with van der Waals surface area (Å²) in [5.41, 5.74) is 4.47. The first kappa shape index (κ1) is 46.7. The van der Waals surface area contributed by atoms with Crippen LogP contribution in [0.4, 0.5) is 10.6 Å². The summed E-state index contributed by atoms with van der Waals surface area (Å²) in [7, 11) is -3.00. The van der Waals surface area contributed by atoms with Gasteiger partial charge in [-0.3, -0.25) is 0 Å². The molecule has 64 heavy (non-hydrogen) atoms. The van der Waals surface area contributed by atoms with E-state index in [9.17, 15) is 4.79 Å². The molecule has 4 aromatic carbocycles. The summed E-state index contributed by atoms with van der Waals surface area (Å²) in [4.78, 5) is 43.0. The standard InChI is InChI=1S/C53H64ClN5O4Si/c1-34(2)41-27-19-20-28-43(41)46-45(54)30-44-48(57-31-37(6)58(32-36(57)5)51(61)63-52(7,8)9)56-50(60)59(49(44)55-46)47-38(22-21-29-42(47)35(3)4)33-62-64(53(10,11)12,39-23-15-13-16-24-39)40-25-17-14-18-26-40/h13-30,34-37H,31-33H2,1-12H3/t36-,37-/m0/s1. The van der Waals surface area contributed by atoms with E-state index in [4.69, 9.17) is 30.7 Å². The van der Waals surface area contributed by atoms with Crippen molar-refractivity contribution >= 4 is 53.2 Å². The largest absolute Gasteiger partial charge is 0.444 e. The SMILES string of the molecule is CC(C)c1ccccc1-c1nc2c(cc1Cl)c(N1C[C@H](C)N(C(=O)OC(C)(C)C)C[C@@H]1C)nc(=O)n2-c1c(CO[Si](c2ccccc2)(c2ccccc2)C(C)(C)C)cccc1C(C)C. The Bertz CT molecular complexity index is 2650. The van der Waals surface area contributed by atoms with Gasteiger partial charge in [0.05, 0.1) is 28.4 Å². The van der Waals surface area contributed by atoms with Gasteiger partial charge in [-0.2, -0.15) is 4.98 Å². The fraction of sp³-hybridized carbons (Fsp3) is 0.396. The Morgan fingerprint density at radius 2 is 1.34 bits per heavy atom. The first-order valence-electron chi connectivity index (χ1n) is 22.6. The second-order valence-electron chi connectivity index (χ2n) is 19.9. The van der Waals surface area contributed by atoms with E-state index in [1.807, 2.05) is 71.0 Å². The topological polar surface area (TPSA) is 89.8 Å². The molecular weight excluding hydrogens is 834 g/mol. The van der Waals surface area contributed by atoms with Crippen molar-refractivity contribution in [2.75, 3.05) is 18.0 Å². The van der Waals surface area contributed by atoms with Crippen molar-refractivity contribution in [2.45, 2.75) is 124 Å². The third-order valence-corrected chi connectivity index (χ3v) is 17.7. The van der Waals surface area contributed by atoms with Crippen LogP contribution in [-0.2, 0) is 15.8 Å². The maximum Gasteiger partial charge on any atom is 0.410 e. The van der Waals surface area contributed by atoms with Crippen molar-refractivity contribution in [3.63, 3.8) is 0 Å². The van der Waals surface area contributed by atoms with Gasteiger partial charge in [-0.1, -0.05) is 163 Å². The fourth-order valence-electron chi connectivity index (χ4n) is 9.34. The fourth-order valence-corrected chi connectivity index (χ4v) is 14.1. The van der Waals surface area contributed by atoms with Crippen LogP contribution < -0.4 is 21.0 Å². The van der Waals surface area contributed by atoms with Gasteiger partial charge in [-0.15, -0.1) is 0 Å². The number of ether oxygens (including phenoxy) is 1. The van der Waals surface area contributed by atoms with Crippen LogP contribution in [0.3, 0.4) is 0 Å². The molecule has 2 aromatic heterocycles. The summed E-state index contributed by atoms with van der Waals surface area (Å²) in [6.07, 6.45) is -0.365. The molecule has 0 aliphatic carbocycles. The first-order chi connectivity index (χ1) is 30.2. The van der Waals surface area contributed by atoms with Gasteiger partial charge < -0.3 is 19.0 Å². The molecule has 1 aliphatic rings. The predicted molar refractivity (Wildman–Crippen MR) is 265 cm³/mol. The van der Waals surface area contributed by atoms with Crippen molar-refractivity contribution in [1.29, 1.82) is 0 Å². The number of hydrogen-bond acceptors (Lipinski definition) is 7. The number of rotatable bonds is 10. The van der Waals surface area contributed by atoms with Gasteiger partial charge in [0, 0.05) is 36.3 Å². The maximum absolute atomic E-state index is 15.3. The van der Waals surface area contributed by atoms with E-state index in [1.165, 1.54) is 10.4 Å². The number of hydrogen-bond donors (Lipinski definition) is 0. The average molecular weight is 899 g/mol. The van der Waals surface area contributed by atoms with Crippen LogP contribution in [0.15, 0.2) is 114 Å². The first-order valence-corrected chi connectivity index (χ1v) is 24.9. The van der Waals surface area contributed by atoms with E-state index < -0.39 is 19.6 Å². The molecule has 9 nitrogen and oxygen atoms in total. The van der Waals surface area contributed by atoms with Crippen molar-refractivity contribution in [3.8, 4) is 16.9 Å². The molecule has 7 rings (SSSR count). The van der Waals surface area contributed by atoms with E-state index in [-0.39, 0.29) is 41.7 Å². The van der Waals surface area contributed by atoms with Crippen molar-refractivity contribution in [1.82, 2.24) is 19.4 Å². The normalized spacial score (nSPS) is 16.2. The molecule has 0 N–H and O–H groups in total. The monoisotopic (exact) mass is 897 g/mol. The summed E-state index contributed by atoms with van der Waals surface area (Å²) in [6.45, 7) is 26.1. The molecule has 0 radical (unpaired) electrons. The van der Waals surface area contributed by atoms with Crippen LogP contribution >= 0.6 is 11.6 Å². The highest BCUT2D eigenvalue weighted by atomic mass is 35.5. The number of halogens is 1. The highest BCUT2D eigenvalue weighted by molar-refractivity contribution is 6.99. The number of fused-ring (bicyclic) bond motifs is 1. The number of pyridine rings is 1. The van der Waals surface area contributed by atoms with Crippen molar-refractivity contribution < 1.29 is 14.0 Å². The van der Waals surface area contributed by atoms with Gasteiger partial charge >= 0.3 is 11.8 Å². The molecule has 0 spiro atoms. The highest BCUT2D eigenvalue weighted by Crippen LogP contribution is 2.41. The molecule has 336 valence electrons. The number of amides is 1. The molecule has 1 saturated heterocycles. The zero-order valence-electron chi connectivity index (χ0n) is 39.6. The molecule has 6 aromatic rings. The summed E-state index contributed by atoms with van der Waals surface area (Å²) in [5.74, 6) is 0.694. The molecule has 3 heterocycles. The quantitative estimate of drug-likeness (QED) is 0.127. The predicted octanol–water partition coefficient (Wildman–Crippen LogP) is 11.3. The summed E-state index contributed by atoms with van der Waals surface area (Å²) >= 11 is 7.35. The van der Waals surface area contributed by atoms with Crippen LogP contribution in [0.25, 0.3) is 28.0 Å². The Morgan fingerprint density at radius 1 is 0.766 bits per heavy atom. The zero-order valence-corrected chi connectivity index (χ0v) is 41.3. The molecule has 1 fully saturated rings. The van der Waals surface area contributed by atoms with Crippen LogP contribution in [-0.4, -0.2) is 64.6 Å². The Kier molecular flexibility index (Phi) is 13.3. The van der Waals surface area contributed by atoms with E-state index in [0.717, 1.165) is 22.3 Å². The van der Waals surface area contributed by atoms with Crippen LogP contribution in [0.2, 0.25) is 10.1 Å². The smallest absolute Gasteiger partial charge is 0.410 e. The molecule has 1 aliphatic heterocycles. The number of para-hydroxylation sites is 1. The minimum Gasteiger partial charge on any atom is -0.444 e. The van der Waals surface area contributed by atoms with E-state index in [0.29, 0.717) is 46.3 Å². The van der Waals surface area contributed by atoms with Crippen molar-refractivity contribution in [2.24, 2.45) is 0 Å². The van der Waals surface area contributed by atoms with Crippen molar-refractivity contribution in [3.05, 3.63) is 141 Å². The lowest BCUT2D eigenvalue weighted by atomic mass is 9.95. The van der Waals surface area contributed by atoms with E-state index in [1.54, 1.807) is 9.47 Å². The second kappa shape index (κ2) is 18.3. The average Bonchev–Trinajstić information content (AvgIpc) is 3.24. The second-order valence-corrected chi connectivity index (χ2v) is 24.6. The van der Waals surface area contributed by atoms with Gasteiger partial charge in [-0.25, -0.2) is 19.1 Å². The number of anilines is 1. The van der Waals surface area contributed by atoms with Gasteiger partial charge in [0.1, 0.15) is 11.4 Å². The number of nitrogens with zero attached hydrogens (tertiary/aromatic N) is 5. The number of aromatic nitrogens is 3. The third-order valence-electron chi connectivity index (χ3n) is 12.4. The number of carbonyl (C=O) groups is 1. The summed E-state index contributed by atoms with van der Waals surface area (Å²) in [5, 5.41) is 3.16. The van der Waals surface area contributed by atoms with Crippen LogP contribution in [0, 0.1) is 0 Å². The Morgan fingerprint density at radius 3 is 1.92 bits per heavy atom. The maximum atomic E-state index is 15.3. The Balaban J connectivity index is 1.47. The summed E-state index contributed by atoms with van der Waals surface area (Å²) in [6, 6.07) is 37.1. The molecule has 2 atom stereocenters. The van der Waals surface area contributed by atoms with E-state index in [2.05, 4.69) is 126 Å². The van der Waals surface area contributed by atoms with Crippen LogP contribution in [0.1, 0.15) is 112 Å². The summed E-state index contributed by atoms with van der Waals surface area (Å²) < 4.78 is 15.1. The molecule has 1 amide bonds. The zero-order chi connectivity index (χ0) is 46.3. The Hall–Kier alpha value is -5.29. The Labute approximate surface area is 385 Å². The lowest BCUT2D eigenvalue weighted by Gasteiger charge is -2.45. The highest BCUT2D eigenvalue weighted by Gasteiger charge is 2.50. The third kappa shape index (κ3) is 9.02. The van der Waals surface area contributed by atoms with Gasteiger partial charge in [-0.05, 0) is 79.1 Å². The minimum atomic E-state index is -3.00. The van der Waals surface area contributed by atoms with Gasteiger partial charge in [0.15, 0.2) is 5.65 Å². The van der Waals surface area contributed by atoms with Crippen LogP contribution in [0.5, 0.6) is 0 Å². The molecular formula is C53H64ClN5O4Si. The number of carbonyl (C=O) groups excluding carboxylic acids is 1. The van der Waals surface area contributed by atoms with Gasteiger partial charge in [0.2, 0.25) is 0 Å². The lowest BCUT2D eigenvalue weighted by molar-refractivity contribution is 0.0130. The molecule has 11 heteroatoms. The number of benzene rings is 4. The molecule has 0 bridgehead atoms. The molecule has 0 saturated carbocycles.